The Morgan fingerprint density at radius 1 is 0.361 bits per heavy atom. The first-order chi connectivity index (χ1) is 17.9. The number of hydrogen-bond acceptors (Lipinski definition) is 0. The third kappa shape index (κ3) is 2.76. The van der Waals surface area contributed by atoms with Crippen molar-refractivity contribution in [2.45, 2.75) is 12.8 Å². The van der Waals surface area contributed by atoms with Gasteiger partial charge < -0.3 is 0 Å². The highest BCUT2D eigenvalue weighted by atomic mass is 14.2. The zero-order valence-corrected chi connectivity index (χ0v) is 20.0. The van der Waals surface area contributed by atoms with Gasteiger partial charge in [-0.15, -0.1) is 0 Å². The second-order valence-electron chi connectivity index (χ2n) is 10.0. The van der Waals surface area contributed by atoms with Crippen LogP contribution in [0.25, 0.3) is 65.5 Å². The van der Waals surface area contributed by atoms with E-state index in [9.17, 15) is 0 Å². The second-order valence-corrected chi connectivity index (χ2v) is 10.0. The van der Waals surface area contributed by atoms with E-state index in [0.717, 1.165) is 12.8 Å². The molecule has 0 bridgehead atoms. The van der Waals surface area contributed by atoms with Gasteiger partial charge in [0.1, 0.15) is 0 Å². The van der Waals surface area contributed by atoms with Gasteiger partial charge >= 0.3 is 0 Å². The number of allylic oxidation sites excluding steroid dienone is 1. The first kappa shape index (κ1) is 19.8. The molecule has 0 unspecified atom stereocenters. The smallest absolute Gasteiger partial charge is 0.00929 e. The maximum atomic E-state index is 2.47. The van der Waals surface area contributed by atoms with Crippen LogP contribution in [-0.2, 0) is 6.42 Å². The predicted octanol–water partition coefficient (Wildman–Crippen LogP) is 9.94. The standard InChI is InChI=1S/C36H24/c1-3-13-29-25(9-1)27-11-5-7-15-31(27)35-21-23(17-19-33(29)35)24-18-20-34-30-14-4-2-10-26(30)28-12-6-8-16-32(28)36(34)22-24/h1-17,19,21-22H,18,20H2. The van der Waals surface area contributed by atoms with E-state index >= 15 is 0 Å². The summed E-state index contributed by atoms with van der Waals surface area (Å²) in [4.78, 5) is 0. The van der Waals surface area contributed by atoms with Crippen molar-refractivity contribution in [2.75, 3.05) is 0 Å². The Kier molecular flexibility index (Phi) is 4.15. The fourth-order valence-electron chi connectivity index (χ4n) is 6.52. The van der Waals surface area contributed by atoms with Crippen molar-refractivity contribution in [2.24, 2.45) is 0 Å². The van der Waals surface area contributed by atoms with E-state index in [1.54, 1.807) is 0 Å². The van der Waals surface area contributed by atoms with Crippen LogP contribution >= 0.6 is 0 Å². The quantitative estimate of drug-likeness (QED) is 0.216. The molecule has 0 aliphatic heterocycles. The summed E-state index contributed by atoms with van der Waals surface area (Å²) in [7, 11) is 0. The minimum absolute atomic E-state index is 1.06. The van der Waals surface area contributed by atoms with Crippen LogP contribution in [0.2, 0.25) is 0 Å². The molecular formula is C36H24. The topological polar surface area (TPSA) is 0 Å². The van der Waals surface area contributed by atoms with Gasteiger partial charge in [-0.3, -0.25) is 0 Å². The first-order valence-electron chi connectivity index (χ1n) is 12.8. The van der Waals surface area contributed by atoms with Gasteiger partial charge in [-0.25, -0.2) is 0 Å². The molecule has 0 amide bonds. The molecule has 0 radical (unpaired) electrons. The Balaban J connectivity index is 1.41. The lowest BCUT2D eigenvalue weighted by atomic mass is 9.82. The summed E-state index contributed by atoms with van der Waals surface area (Å²) in [5.74, 6) is 0. The van der Waals surface area contributed by atoms with Crippen LogP contribution in [0.15, 0.2) is 115 Å². The molecule has 0 aromatic heterocycles. The van der Waals surface area contributed by atoms with Crippen LogP contribution in [-0.4, -0.2) is 0 Å². The highest BCUT2D eigenvalue weighted by Crippen LogP contribution is 2.42. The molecule has 0 heteroatoms. The molecule has 0 spiro atoms. The number of rotatable bonds is 1. The Labute approximate surface area is 210 Å². The Hall–Kier alpha value is -4.42. The van der Waals surface area contributed by atoms with E-state index in [1.165, 1.54) is 76.1 Å². The van der Waals surface area contributed by atoms with Crippen molar-refractivity contribution < 1.29 is 0 Å². The van der Waals surface area contributed by atoms with Gasteiger partial charge in [0, 0.05) is 0 Å². The summed E-state index contributed by atoms with van der Waals surface area (Å²) < 4.78 is 0. The molecule has 36 heavy (non-hydrogen) atoms. The Bertz CT molecular complexity index is 2000. The first-order valence-corrected chi connectivity index (χ1v) is 12.8. The summed E-state index contributed by atoms with van der Waals surface area (Å²) in [5.41, 5.74) is 5.66. The maximum Gasteiger partial charge on any atom is -0.00929 e. The van der Waals surface area contributed by atoms with E-state index in [1.807, 2.05) is 0 Å². The highest BCUT2D eigenvalue weighted by molar-refractivity contribution is 6.25. The molecule has 0 heterocycles. The lowest BCUT2D eigenvalue weighted by molar-refractivity contribution is 1.02. The minimum Gasteiger partial charge on any atom is -0.0616 e. The van der Waals surface area contributed by atoms with Gasteiger partial charge in [-0.05, 0) is 95.0 Å². The number of benzene rings is 7. The zero-order chi connectivity index (χ0) is 23.6. The summed E-state index contributed by atoms with van der Waals surface area (Å²) >= 11 is 0. The molecule has 0 fully saturated rings. The Morgan fingerprint density at radius 2 is 0.806 bits per heavy atom. The fraction of sp³-hybridized carbons (Fsp3) is 0.0556. The van der Waals surface area contributed by atoms with E-state index in [4.69, 9.17) is 0 Å². The van der Waals surface area contributed by atoms with Crippen LogP contribution < -0.4 is 0 Å². The van der Waals surface area contributed by atoms with Crippen molar-refractivity contribution in [3.05, 3.63) is 132 Å². The normalized spacial score (nSPS) is 13.5. The Morgan fingerprint density at radius 3 is 1.42 bits per heavy atom. The van der Waals surface area contributed by atoms with Crippen LogP contribution in [0.4, 0.5) is 0 Å². The molecule has 0 nitrogen and oxygen atoms in total. The molecule has 168 valence electrons. The number of fused-ring (bicyclic) bond motifs is 12. The third-order valence-corrected chi connectivity index (χ3v) is 8.16. The third-order valence-electron chi connectivity index (χ3n) is 8.16. The molecule has 1 aliphatic rings. The predicted molar refractivity (Wildman–Crippen MR) is 157 cm³/mol. The van der Waals surface area contributed by atoms with Gasteiger partial charge in [0.2, 0.25) is 0 Å². The van der Waals surface area contributed by atoms with Gasteiger partial charge in [0.15, 0.2) is 0 Å². The summed E-state index contributed by atoms with van der Waals surface area (Å²) in [6.45, 7) is 0. The molecule has 1 aliphatic carbocycles. The number of hydrogen-bond donors (Lipinski definition) is 0. The largest absolute Gasteiger partial charge is 0.0616 e. The lowest BCUT2D eigenvalue weighted by Gasteiger charge is -2.22. The lowest BCUT2D eigenvalue weighted by Crippen LogP contribution is -2.02. The van der Waals surface area contributed by atoms with Crippen molar-refractivity contribution in [3.63, 3.8) is 0 Å². The SMILES string of the molecule is C1=C(c2ccc3c4ccccc4c4ccccc4c3c2)CCc2c1c1ccccc1c1ccccc21. The van der Waals surface area contributed by atoms with E-state index in [2.05, 4.69) is 121 Å². The summed E-state index contributed by atoms with van der Waals surface area (Å²) in [6, 6.07) is 42.6. The zero-order valence-electron chi connectivity index (χ0n) is 20.0. The molecule has 0 atom stereocenters. The van der Waals surface area contributed by atoms with Gasteiger partial charge in [-0.1, -0.05) is 115 Å². The highest BCUT2D eigenvalue weighted by Gasteiger charge is 2.19. The average molecular weight is 457 g/mol. The van der Waals surface area contributed by atoms with Crippen LogP contribution in [0.1, 0.15) is 23.1 Å². The van der Waals surface area contributed by atoms with Gasteiger partial charge in [-0.2, -0.15) is 0 Å². The molecule has 0 N–H and O–H groups in total. The minimum atomic E-state index is 1.06. The van der Waals surface area contributed by atoms with Crippen LogP contribution in [0.5, 0.6) is 0 Å². The van der Waals surface area contributed by atoms with Crippen LogP contribution in [0, 0.1) is 0 Å². The molecule has 8 rings (SSSR count). The van der Waals surface area contributed by atoms with E-state index in [0.29, 0.717) is 0 Å². The van der Waals surface area contributed by atoms with Crippen molar-refractivity contribution >= 4 is 65.5 Å². The summed E-state index contributed by atoms with van der Waals surface area (Å²) in [6.07, 6.45) is 4.60. The second kappa shape index (κ2) is 7.54. The van der Waals surface area contributed by atoms with Crippen molar-refractivity contribution in [3.8, 4) is 0 Å². The van der Waals surface area contributed by atoms with Gasteiger partial charge in [0.05, 0.1) is 0 Å². The van der Waals surface area contributed by atoms with E-state index < -0.39 is 0 Å². The average Bonchev–Trinajstić information content (AvgIpc) is 2.97. The molecule has 0 saturated carbocycles. The maximum absolute atomic E-state index is 2.47. The fourth-order valence-corrected chi connectivity index (χ4v) is 6.52. The molecule has 0 saturated heterocycles. The van der Waals surface area contributed by atoms with Crippen LogP contribution in [0.3, 0.4) is 0 Å². The van der Waals surface area contributed by atoms with Crippen molar-refractivity contribution in [1.29, 1.82) is 0 Å². The molecule has 7 aromatic rings. The van der Waals surface area contributed by atoms with Gasteiger partial charge in [0.25, 0.3) is 0 Å². The summed E-state index contributed by atoms with van der Waals surface area (Å²) in [5, 5.41) is 13.5. The van der Waals surface area contributed by atoms with E-state index in [-0.39, 0.29) is 0 Å². The molecular weight excluding hydrogens is 432 g/mol. The molecule has 7 aromatic carbocycles. The monoisotopic (exact) mass is 456 g/mol. The van der Waals surface area contributed by atoms with Crippen molar-refractivity contribution in [1.82, 2.24) is 0 Å². The number of aryl methyl sites for hydroxylation is 1.